The number of furan rings is 1. The molecule has 7 heteroatoms. The second kappa shape index (κ2) is 6.43. The molecule has 0 unspecified atom stereocenters. The van der Waals surface area contributed by atoms with Crippen LogP contribution in [0.2, 0.25) is 0 Å². The van der Waals surface area contributed by atoms with Crippen molar-refractivity contribution >= 4 is 6.03 Å². The van der Waals surface area contributed by atoms with Gasteiger partial charge in [0.1, 0.15) is 5.76 Å². The van der Waals surface area contributed by atoms with Crippen molar-refractivity contribution in [3.05, 3.63) is 35.9 Å². The first-order valence-electron chi connectivity index (χ1n) is 7.18. The second-order valence-electron chi connectivity index (χ2n) is 5.14. The Morgan fingerprint density at radius 2 is 2.10 bits per heavy atom. The van der Waals surface area contributed by atoms with Crippen molar-refractivity contribution in [2.24, 2.45) is 0 Å². The molecule has 2 heterocycles. The summed E-state index contributed by atoms with van der Waals surface area (Å²) >= 11 is 0. The number of rotatable bonds is 5. The summed E-state index contributed by atoms with van der Waals surface area (Å²) < 4.78 is 10.3. The number of carbonyl (C=O) groups excluding carboxylic acids is 1. The number of hydrogen-bond acceptors (Lipinski definition) is 5. The van der Waals surface area contributed by atoms with E-state index < -0.39 is 0 Å². The molecule has 2 amide bonds. The summed E-state index contributed by atoms with van der Waals surface area (Å²) in [6.07, 6.45) is 6.26. The Morgan fingerprint density at radius 1 is 1.29 bits per heavy atom. The largest absolute Gasteiger partial charge is 0.467 e. The van der Waals surface area contributed by atoms with Gasteiger partial charge in [0.2, 0.25) is 5.89 Å². The van der Waals surface area contributed by atoms with Crippen LogP contribution >= 0.6 is 0 Å². The minimum Gasteiger partial charge on any atom is -0.467 e. The summed E-state index contributed by atoms with van der Waals surface area (Å²) in [5.74, 6) is 2.31. The zero-order valence-electron chi connectivity index (χ0n) is 11.7. The quantitative estimate of drug-likeness (QED) is 0.881. The van der Waals surface area contributed by atoms with E-state index in [-0.39, 0.29) is 12.6 Å². The molecule has 2 aromatic rings. The van der Waals surface area contributed by atoms with Crippen molar-refractivity contribution in [2.75, 3.05) is 0 Å². The summed E-state index contributed by atoms with van der Waals surface area (Å²) in [6.45, 7) is 0.569. The van der Waals surface area contributed by atoms with Crippen LogP contribution in [0, 0.1) is 0 Å². The highest BCUT2D eigenvalue weighted by atomic mass is 16.5. The molecule has 0 radical (unpaired) electrons. The van der Waals surface area contributed by atoms with E-state index in [2.05, 4.69) is 20.8 Å². The Bertz CT molecular complexity index is 573. The van der Waals surface area contributed by atoms with Crippen LogP contribution in [-0.2, 0) is 13.1 Å². The molecular weight excluding hydrogens is 272 g/mol. The summed E-state index contributed by atoms with van der Waals surface area (Å²) in [7, 11) is 0. The van der Waals surface area contributed by atoms with Gasteiger partial charge < -0.3 is 19.6 Å². The fourth-order valence-corrected chi connectivity index (χ4v) is 2.49. The lowest BCUT2D eigenvalue weighted by atomic mass is 10.1. The highest BCUT2D eigenvalue weighted by Crippen LogP contribution is 2.32. The zero-order valence-corrected chi connectivity index (χ0v) is 11.7. The Balaban J connectivity index is 1.43. The third-order valence-corrected chi connectivity index (χ3v) is 3.61. The van der Waals surface area contributed by atoms with E-state index in [4.69, 9.17) is 8.94 Å². The van der Waals surface area contributed by atoms with Gasteiger partial charge in [0, 0.05) is 5.92 Å². The van der Waals surface area contributed by atoms with Gasteiger partial charge in [-0.3, -0.25) is 0 Å². The van der Waals surface area contributed by atoms with Crippen LogP contribution in [0.1, 0.15) is 49.1 Å². The lowest BCUT2D eigenvalue weighted by Crippen LogP contribution is -2.34. The molecule has 0 saturated heterocycles. The number of aromatic nitrogens is 2. The first-order chi connectivity index (χ1) is 10.3. The van der Waals surface area contributed by atoms with Gasteiger partial charge in [-0.05, 0) is 25.0 Å². The number of carbonyl (C=O) groups is 1. The topological polar surface area (TPSA) is 93.2 Å². The standard InChI is InChI=1S/C14H18N4O3/c19-14(15-8-11-6-3-7-20-11)16-9-12-17-13(18-21-12)10-4-1-2-5-10/h3,6-7,10H,1-2,4-5,8-9H2,(H2,15,16,19). The van der Waals surface area contributed by atoms with E-state index in [9.17, 15) is 4.79 Å². The second-order valence-corrected chi connectivity index (χ2v) is 5.14. The van der Waals surface area contributed by atoms with Crippen molar-refractivity contribution in [3.63, 3.8) is 0 Å². The number of urea groups is 1. The van der Waals surface area contributed by atoms with Crippen LogP contribution in [0.15, 0.2) is 27.3 Å². The molecule has 0 atom stereocenters. The highest BCUT2D eigenvalue weighted by molar-refractivity contribution is 5.73. The molecule has 0 bridgehead atoms. The Hall–Kier alpha value is -2.31. The van der Waals surface area contributed by atoms with E-state index in [1.165, 1.54) is 12.8 Å². The molecule has 1 aliphatic rings. The fourth-order valence-electron chi connectivity index (χ4n) is 2.49. The summed E-state index contributed by atoms with van der Waals surface area (Å²) in [4.78, 5) is 16.0. The van der Waals surface area contributed by atoms with Gasteiger partial charge in [0.05, 0.1) is 19.4 Å². The van der Waals surface area contributed by atoms with Gasteiger partial charge in [0.15, 0.2) is 5.82 Å². The fraction of sp³-hybridized carbons (Fsp3) is 0.500. The maximum atomic E-state index is 11.6. The molecule has 0 aliphatic heterocycles. The van der Waals surface area contributed by atoms with Crippen LogP contribution < -0.4 is 10.6 Å². The van der Waals surface area contributed by atoms with Crippen molar-refractivity contribution in [1.82, 2.24) is 20.8 Å². The summed E-state index contributed by atoms with van der Waals surface area (Å²) in [5, 5.41) is 9.35. The van der Waals surface area contributed by atoms with E-state index in [1.807, 2.05) is 0 Å². The number of hydrogen-bond donors (Lipinski definition) is 2. The van der Waals surface area contributed by atoms with Crippen molar-refractivity contribution in [3.8, 4) is 0 Å². The predicted octanol–water partition coefficient (Wildman–Crippen LogP) is 2.32. The first-order valence-corrected chi connectivity index (χ1v) is 7.18. The van der Waals surface area contributed by atoms with Gasteiger partial charge in [-0.1, -0.05) is 18.0 Å². The van der Waals surface area contributed by atoms with E-state index in [0.717, 1.165) is 18.7 Å². The monoisotopic (exact) mass is 290 g/mol. The smallest absolute Gasteiger partial charge is 0.315 e. The van der Waals surface area contributed by atoms with Gasteiger partial charge in [-0.25, -0.2) is 4.79 Å². The summed E-state index contributed by atoms with van der Waals surface area (Å²) in [6, 6.07) is 3.27. The molecule has 0 spiro atoms. The normalized spacial score (nSPS) is 15.2. The maximum absolute atomic E-state index is 11.6. The van der Waals surface area contributed by atoms with Crippen LogP contribution in [-0.4, -0.2) is 16.2 Å². The molecular formula is C14H18N4O3. The van der Waals surface area contributed by atoms with Gasteiger partial charge in [-0.15, -0.1) is 0 Å². The SMILES string of the molecule is O=C(NCc1ccco1)NCc1nc(C2CCCC2)no1. The maximum Gasteiger partial charge on any atom is 0.315 e. The van der Waals surface area contributed by atoms with Crippen molar-refractivity contribution in [2.45, 2.75) is 44.7 Å². The van der Waals surface area contributed by atoms with Crippen LogP contribution in [0.3, 0.4) is 0 Å². The predicted molar refractivity (Wildman–Crippen MR) is 73.3 cm³/mol. The third kappa shape index (κ3) is 3.62. The van der Waals surface area contributed by atoms with Gasteiger partial charge >= 0.3 is 6.03 Å². The Labute approximate surface area is 122 Å². The summed E-state index contributed by atoms with van der Waals surface area (Å²) in [5.41, 5.74) is 0. The number of nitrogens with zero attached hydrogens (tertiary/aromatic N) is 2. The molecule has 7 nitrogen and oxygen atoms in total. The van der Waals surface area contributed by atoms with Crippen LogP contribution in [0.25, 0.3) is 0 Å². The minimum atomic E-state index is -0.299. The molecule has 21 heavy (non-hydrogen) atoms. The Kier molecular flexibility index (Phi) is 4.18. The van der Waals surface area contributed by atoms with Crippen molar-refractivity contribution < 1.29 is 13.7 Å². The molecule has 112 valence electrons. The molecule has 2 N–H and O–H groups in total. The average molecular weight is 290 g/mol. The van der Waals surface area contributed by atoms with Gasteiger partial charge in [-0.2, -0.15) is 4.98 Å². The Morgan fingerprint density at radius 3 is 2.86 bits per heavy atom. The number of nitrogens with one attached hydrogen (secondary N) is 2. The molecule has 3 rings (SSSR count). The van der Waals surface area contributed by atoms with Gasteiger partial charge in [0.25, 0.3) is 0 Å². The highest BCUT2D eigenvalue weighted by Gasteiger charge is 2.22. The van der Waals surface area contributed by atoms with E-state index >= 15 is 0 Å². The lowest BCUT2D eigenvalue weighted by Gasteiger charge is -2.03. The van der Waals surface area contributed by atoms with Crippen LogP contribution in [0.4, 0.5) is 4.79 Å². The minimum absolute atomic E-state index is 0.226. The lowest BCUT2D eigenvalue weighted by molar-refractivity contribution is 0.237. The molecule has 1 saturated carbocycles. The number of amides is 2. The zero-order chi connectivity index (χ0) is 14.5. The molecule has 1 aliphatic carbocycles. The third-order valence-electron chi connectivity index (χ3n) is 3.61. The van der Waals surface area contributed by atoms with E-state index in [1.54, 1.807) is 18.4 Å². The van der Waals surface area contributed by atoms with E-state index in [0.29, 0.717) is 24.1 Å². The average Bonchev–Trinajstić information content (AvgIpc) is 3.24. The first kappa shape index (κ1) is 13.7. The molecule has 2 aromatic heterocycles. The molecule has 1 fully saturated rings. The van der Waals surface area contributed by atoms with Crippen LogP contribution in [0.5, 0.6) is 0 Å². The van der Waals surface area contributed by atoms with Crippen molar-refractivity contribution in [1.29, 1.82) is 0 Å². The molecule has 0 aromatic carbocycles.